The van der Waals surface area contributed by atoms with Crippen molar-refractivity contribution in [2.75, 3.05) is 14.1 Å². The molecule has 0 aliphatic heterocycles. The maximum absolute atomic E-state index is 4.54. The molecule has 1 aromatic carbocycles. The molecule has 0 saturated heterocycles. The summed E-state index contributed by atoms with van der Waals surface area (Å²) in [5.41, 5.74) is 2.38. The van der Waals surface area contributed by atoms with Crippen LogP contribution in [0.4, 0.5) is 0 Å². The van der Waals surface area contributed by atoms with Crippen molar-refractivity contribution >= 4 is 41.3 Å². The summed E-state index contributed by atoms with van der Waals surface area (Å²) in [5, 5.41) is 4.47. The highest BCUT2D eigenvalue weighted by molar-refractivity contribution is 14.0. The maximum atomic E-state index is 4.54. The summed E-state index contributed by atoms with van der Waals surface area (Å²) in [7, 11) is 3.85. The minimum absolute atomic E-state index is 0. The molecule has 4 nitrogen and oxygen atoms in total. The Labute approximate surface area is 153 Å². The van der Waals surface area contributed by atoms with Crippen LogP contribution < -0.4 is 5.32 Å². The van der Waals surface area contributed by atoms with Crippen LogP contribution in [-0.4, -0.2) is 29.9 Å². The fourth-order valence-corrected chi connectivity index (χ4v) is 2.96. The second-order valence-corrected chi connectivity index (χ2v) is 6.28. The van der Waals surface area contributed by atoms with Gasteiger partial charge in [-0.3, -0.25) is 4.99 Å². The Balaban J connectivity index is 0.00000242. The summed E-state index contributed by atoms with van der Waals surface area (Å²) < 4.78 is 0. The number of benzene rings is 1. The second-order valence-electron chi connectivity index (χ2n) is 4.99. The van der Waals surface area contributed by atoms with Crippen LogP contribution in [0, 0.1) is 13.8 Å². The summed E-state index contributed by atoms with van der Waals surface area (Å²) in [4.78, 5) is 12.3. The molecule has 0 bridgehead atoms. The number of hydrogen-bond donors (Lipinski definition) is 1. The predicted molar refractivity (Wildman–Crippen MR) is 105 cm³/mol. The van der Waals surface area contributed by atoms with Gasteiger partial charge in [0.1, 0.15) is 5.01 Å². The molecule has 0 amide bonds. The number of rotatable bonds is 4. The molecule has 0 spiro atoms. The summed E-state index contributed by atoms with van der Waals surface area (Å²) in [6, 6.07) is 10.4. The van der Waals surface area contributed by atoms with Gasteiger partial charge < -0.3 is 10.2 Å². The third kappa shape index (κ3) is 5.24. The number of nitrogens with one attached hydrogen (secondary N) is 1. The largest absolute Gasteiger partial charge is 0.350 e. The van der Waals surface area contributed by atoms with Crippen LogP contribution in [0.15, 0.2) is 35.3 Å². The Morgan fingerprint density at radius 2 is 1.95 bits per heavy atom. The molecule has 2 rings (SSSR count). The zero-order chi connectivity index (χ0) is 15.2. The number of guanidine groups is 1. The third-order valence-electron chi connectivity index (χ3n) is 3.31. The van der Waals surface area contributed by atoms with Crippen LogP contribution in [-0.2, 0) is 13.1 Å². The van der Waals surface area contributed by atoms with Crippen LogP contribution in [0.3, 0.4) is 0 Å². The lowest BCUT2D eigenvalue weighted by Crippen LogP contribution is -2.38. The first-order valence-electron chi connectivity index (χ1n) is 6.98. The molecule has 0 aliphatic rings. The zero-order valence-electron chi connectivity index (χ0n) is 13.5. The first kappa shape index (κ1) is 18.9. The predicted octanol–water partition coefficient (Wildman–Crippen LogP) is 3.59. The highest BCUT2D eigenvalue weighted by Crippen LogP contribution is 2.16. The highest BCUT2D eigenvalue weighted by Gasteiger charge is 2.08. The Morgan fingerprint density at radius 1 is 1.27 bits per heavy atom. The molecule has 1 aromatic heterocycles. The van der Waals surface area contributed by atoms with Gasteiger partial charge in [0.15, 0.2) is 5.96 Å². The molecule has 120 valence electrons. The molecule has 0 unspecified atom stereocenters. The number of hydrogen-bond acceptors (Lipinski definition) is 3. The van der Waals surface area contributed by atoms with E-state index in [0.29, 0.717) is 6.54 Å². The minimum Gasteiger partial charge on any atom is -0.350 e. The number of aromatic nitrogens is 1. The van der Waals surface area contributed by atoms with Crippen molar-refractivity contribution in [1.82, 2.24) is 15.2 Å². The summed E-state index contributed by atoms with van der Waals surface area (Å²) in [6.07, 6.45) is 0. The van der Waals surface area contributed by atoms with E-state index in [9.17, 15) is 0 Å². The Morgan fingerprint density at radius 3 is 2.50 bits per heavy atom. The van der Waals surface area contributed by atoms with Gasteiger partial charge in [-0.2, -0.15) is 0 Å². The highest BCUT2D eigenvalue weighted by atomic mass is 127. The summed E-state index contributed by atoms with van der Waals surface area (Å²) in [5.74, 6) is 0.879. The standard InChI is InChI=1S/C16H22N4S.HI/c1-12-13(2)21-15(19-12)10-18-16(17-3)20(4)11-14-8-6-5-7-9-14;/h5-9H,10-11H2,1-4H3,(H,17,18);1H. The van der Waals surface area contributed by atoms with Crippen LogP contribution in [0.2, 0.25) is 0 Å². The number of thiazole rings is 1. The average Bonchev–Trinajstić information content (AvgIpc) is 2.79. The molecule has 0 aliphatic carbocycles. The van der Waals surface area contributed by atoms with Crippen molar-refractivity contribution in [3.05, 3.63) is 51.5 Å². The molecule has 2 aromatic rings. The lowest BCUT2D eigenvalue weighted by molar-refractivity contribution is 0.476. The van der Waals surface area contributed by atoms with Crippen molar-refractivity contribution in [3.63, 3.8) is 0 Å². The molecular formula is C16H23IN4S. The SMILES string of the molecule is CN=C(NCc1nc(C)c(C)s1)N(C)Cc1ccccc1.I. The van der Waals surface area contributed by atoms with Gasteiger partial charge in [-0.1, -0.05) is 30.3 Å². The van der Waals surface area contributed by atoms with E-state index in [2.05, 4.69) is 51.4 Å². The number of aliphatic imine (C=N–C) groups is 1. The van der Waals surface area contributed by atoms with Crippen molar-refractivity contribution in [2.45, 2.75) is 26.9 Å². The number of halogens is 1. The molecule has 22 heavy (non-hydrogen) atoms. The van der Waals surface area contributed by atoms with Gasteiger partial charge in [-0.25, -0.2) is 4.98 Å². The lowest BCUT2D eigenvalue weighted by Gasteiger charge is -2.21. The van der Waals surface area contributed by atoms with Gasteiger partial charge in [0, 0.05) is 25.5 Å². The number of aryl methyl sites for hydroxylation is 2. The number of nitrogens with zero attached hydrogens (tertiary/aromatic N) is 3. The van der Waals surface area contributed by atoms with Crippen molar-refractivity contribution in [3.8, 4) is 0 Å². The molecule has 0 saturated carbocycles. The van der Waals surface area contributed by atoms with Crippen molar-refractivity contribution in [1.29, 1.82) is 0 Å². The maximum Gasteiger partial charge on any atom is 0.194 e. The van der Waals surface area contributed by atoms with Gasteiger partial charge in [0.05, 0.1) is 12.2 Å². The van der Waals surface area contributed by atoms with Crippen LogP contribution in [0.5, 0.6) is 0 Å². The molecule has 0 fully saturated rings. The molecule has 6 heteroatoms. The third-order valence-corrected chi connectivity index (χ3v) is 4.38. The Kier molecular flexibility index (Phi) is 7.81. The quantitative estimate of drug-likeness (QED) is 0.458. The fraction of sp³-hybridized carbons (Fsp3) is 0.375. The fourth-order valence-electron chi connectivity index (χ4n) is 2.09. The van der Waals surface area contributed by atoms with E-state index < -0.39 is 0 Å². The van der Waals surface area contributed by atoms with Crippen LogP contribution in [0.25, 0.3) is 0 Å². The first-order chi connectivity index (χ1) is 10.1. The van der Waals surface area contributed by atoms with E-state index >= 15 is 0 Å². The monoisotopic (exact) mass is 430 g/mol. The van der Waals surface area contributed by atoms with Gasteiger partial charge in [0.25, 0.3) is 0 Å². The Hall–Kier alpha value is -1.15. The molecule has 0 atom stereocenters. The molecule has 1 heterocycles. The minimum atomic E-state index is 0. The van der Waals surface area contributed by atoms with Crippen molar-refractivity contribution in [2.24, 2.45) is 4.99 Å². The van der Waals surface area contributed by atoms with Gasteiger partial charge >= 0.3 is 0 Å². The van der Waals surface area contributed by atoms with E-state index in [1.54, 1.807) is 11.3 Å². The zero-order valence-corrected chi connectivity index (χ0v) is 16.6. The summed E-state index contributed by atoms with van der Waals surface area (Å²) in [6.45, 7) is 5.69. The van der Waals surface area contributed by atoms with E-state index in [0.717, 1.165) is 23.2 Å². The normalized spacial score (nSPS) is 11.0. The van der Waals surface area contributed by atoms with Crippen molar-refractivity contribution < 1.29 is 0 Å². The van der Waals surface area contributed by atoms with Gasteiger partial charge in [-0.15, -0.1) is 35.3 Å². The lowest BCUT2D eigenvalue weighted by atomic mass is 10.2. The van der Waals surface area contributed by atoms with Crippen LogP contribution in [0.1, 0.15) is 21.1 Å². The molecular weight excluding hydrogens is 407 g/mol. The van der Waals surface area contributed by atoms with E-state index in [1.165, 1.54) is 10.4 Å². The second kappa shape index (κ2) is 9.09. The van der Waals surface area contributed by atoms with E-state index in [-0.39, 0.29) is 24.0 Å². The van der Waals surface area contributed by atoms with E-state index in [4.69, 9.17) is 0 Å². The molecule has 1 N–H and O–H groups in total. The van der Waals surface area contributed by atoms with Gasteiger partial charge in [-0.05, 0) is 19.4 Å². The van der Waals surface area contributed by atoms with Gasteiger partial charge in [0.2, 0.25) is 0 Å². The molecule has 0 radical (unpaired) electrons. The van der Waals surface area contributed by atoms with E-state index in [1.807, 2.05) is 27.1 Å². The average molecular weight is 430 g/mol. The Bertz CT molecular complexity index is 590. The smallest absolute Gasteiger partial charge is 0.194 e. The van der Waals surface area contributed by atoms with Crippen LogP contribution >= 0.6 is 35.3 Å². The topological polar surface area (TPSA) is 40.5 Å². The first-order valence-corrected chi connectivity index (χ1v) is 7.80. The summed E-state index contributed by atoms with van der Waals surface area (Å²) >= 11 is 1.74.